The lowest BCUT2D eigenvalue weighted by atomic mass is 9.98. The van der Waals surface area contributed by atoms with Crippen LogP contribution in [0.1, 0.15) is 24.0 Å². The maximum absolute atomic E-state index is 12.6. The minimum Gasteiger partial charge on any atom is -0.378 e. The van der Waals surface area contributed by atoms with E-state index in [-0.39, 0.29) is 18.0 Å². The molecular weight excluding hydrogens is 324 g/mol. The number of benzene rings is 2. The maximum Gasteiger partial charge on any atom is 0.239 e. The van der Waals surface area contributed by atoms with E-state index in [9.17, 15) is 4.79 Å². The molecule has 4 nitrogen and oxygen atoms in total. The first-order chi connectivity index (χ1) is 12.8. The van der Waals surface area contributed by atoms with Gasteiger partial charge in [-0.1, -0.05) is 60.7 Å². The van der Waals surface area contributed by atoms with Gasteiger partial charge in [-0.25, -0.2) is 0 Å². The van der Waals surface area contributed by atoms with E-state index in [1.807, 2.05) is 12.1 Å². The van der Waals surface area contributed by atoms with Gasteiger partial charge in [0.15, 0.2) is 0 Å². The van der Waals surface area contributed by atoms with Crippen molar-refractivity contribution in [3.63, 3.8) is 0 Å². The molecule has 26 heavy (non-hydrogen) atoms. The van der Waals surface area contributed by atoms with Crippen LogP contribution in [-0.2, 0) is 22.4 Å². The Labute approximate surface area is 156 Å². The fourth-order valence-corrected chi connectivity index (χ4v) is 3.30. The Morgan fingerprint density at radius 3 is 2.08 bits per heavy atom. The van der Waals surface area contributed by atoms with Crippen molar-refractivity contribution in [3.05, 3.63) is 71.8 Å². The predicted octanol–water partition coefficient (Wildman–Crippen LogP) is 2.73. The molecule has 2 aromatic rings. The third-order valence-corrected chi connectivity index (χ3v) is 4.83. The lowest BCUT2D eigenvalue weighted by Crippen LogP contribution is -2.53. The number of hydrogen-bond donors (Lipinski definition) is 2. The van der Waals surface area contributed by atoms with Gasteiger partial charge in [0.2, 0.25) is 5.91 Å². The van der Waals surface area contributed by atoms with Gasteiger partial charge < -0.3 is 15.4 Å². The summed E-state index contributed by atoms with van der Waals surface area (Å²) < 4.78 is 5.42. The number of morpholine rings is 1. The van der Waals surface area contributed by atoms with Gasteiger partial charge >= 0.3 is 0 Å². The normalized spacial score (nSPS) is 17.2. The molecule has 1 unspecified atom stereocenters. The van der Waals surface area contributed by atoms with Gasteiger partial charge in [-0.2, -0.15) is 0 Å². The molecular formula is C22H28N2O2. The van der Waals surface area contributed by atoms with E-state index in [0.29, 0.717) is 13.2 Å². The molecule has 1 heterocycles. The smallest absolute Gasteiger partial charge is 0.239 e. The average molecular weight is 352 g/mol. The Kier molecular flexibility index (Phi) is 7.23. The zero-order valence-corrected chi connectivity index (χ0v) is 15.2. The molecule has 1 saturated heterocycles. The number of nitrogens with one attached hydrogen (secondary N) is 2. The molecule has 0 aliphatic carbocycles. The SMILES string of the molecule is O=C(NC(CCc1ccccc1)CCc1ccccc1)C1COCCN1. The van der Waals surface area contributed by atoms with Crippen LogP contribution in [0.25, 0.3) is 0 Å². The first kappa shape index (κ1) is 18.6. The van der Waals surface area contributed by atoms with E-state index in [4.69, 9.17) is 4.74 Å². The van der Waals surface area contributed by atoms with Crippen molar-refractivity contribution >= 4 is 5.91 Å². The molecule has 0 spiro atoms. The zero-order chi connectivity index (χ0) is 18.0. The van der Waals surface area contributed by atoms with Gasteiger partial charge in [0, 0.05) is 12.6 Å². The Bertz CT molecular complexity index is 611. The van der Waals surface area contributed by atoms with Gasteiger partial charge in [0.05, 0.1) is 13.2 Å². The largest absolute Gasteiger partial charge is 0.378 e. The highest BCUT2D eigenvalue weighted by Crippen LogP contribution is 2.12. The van der Waals surface area contributed by atoms with E-state index >= 15 is 0 Å². The molecule has 0 saturated carbocycles. The summed E-state index contributed by atoms with van der Waals surface area (Å²) in [5.41, 5.74) is 2.62. The predicted molar refractivity (Wildman–Crippen MR) is 104 cm³/mol. The summed E-state index contributed by atoms with van der Waals surface area (Å²) in [6.07, 6.45) is 3.82. The van der Waals surface area contributed by atoms with Crippen LogP contribution in [0.2, 0.25) is 0 Å². The summed E-state index contributed by atoms with van der Waals surface area (Å²) in [6.45, 7) is 1.86. The monoisotopic (exact) mass is 352 g/mol. The molecule has 0 radical (unpaired) electrons. The number of ether oxygens (including phenoxy) is 1. The van der Waals surface area contributed by atoms with E-state index in [0.717, 1.165) is 32.2 Å². The summed E-state index contributed by atoms with van der Waals surface area (Å²) in [4.78, 5) is 12.6. The molecule has 0 aromatic heterocycles. The fourth-order valence-electron chi connectivity index (χ4n) is 3.30. The van der Waals surface area contributed by atoms with E-state index < -0.39 is 0 Å². The maximum atomic E-state index is 12.6. The van der Waals surface area contributed by atoms with Gasteiger partial charge in [-0.3, -0.25) is 4.79 Å². The average Bonchev–Trinajstić information content (AvgIpc) is 2.72. The summed E-state index contributed by atoms with van der Waals surface area (Å²) in [5.74, 6) is 0.0517. The number of aryl methyl sites for hydroxylation is 2. The van der Waals surface area contributed by atoms with Crippen LogP contribution >= 0.6 is 0 Å². The summed E-state index contributed by atoms with van der Waals surface area (Å²) in [5, 5.41) is 6.48. The van der Waals surface area contributed by atoms with E-state index in [1.165, 1.54) is 11.1 Å². The Balaban J connectivity index is 1.57. The van der Waals surface area contributed by atoms with Gasteiger partial charge in [0.1, 0.15) is 6.04 Å². The Morgan fingerprint density at radius 1 is 1.00 bits per heavy atom. The molecule has 4 heteroatoms. The van der Waals surface area contributed by atoms with Crippen LogP contribution in [0.5, 0.6) is 0 Å². The molecule has 1 aliphatic rings. The van der Waals surface area contributed by atoms with Crippen molar-refractivity contribution in [2.75, 3.05) is 19.8 Å². The van der Waals surface area contributed by atoms with Crippen molar-refractivity contribution in [2.24, 2.45) is 0 Å². The topological polar surface area (TPSA) is 50.4 Å². The minimum atomic E-state index is -0.236. The molecule has 138 valence electrons. The summed E-state index contributed by atoms with van der Waals surface area (Å²) in [7, 11) is 0. The quantitative estimate of drug-likeness (QED) is 0.768. The van der Waals surface area contributed by atoms with Crippen LogP contribution in [0, 0.1) is 0 Å². The Hall–Kier alpha value is -2.17. The number of carbonyl (C=O) groups excluding carboxylic acids is 1. The van der Waals surface area contributed by atoms with Crippen molar-refractivity contribution in [2.45, 2.75) is 37.8 Å². The molecule has 1 aliphatic heterocycles. The molecule has 2 N–H and O–H groups in total. The fraction of sp³-hybridized carbons (Fsp3) is 0.409. The number of amides is 1. The van der Waals surface area contributed by atoms with Crippen LogP contribution in [-0.4, -0.2) is 37.7 Å². The zero-order valence-electron chi connectivity index (χ0n) is 15.2. The standard InChI is InChI=1S/C22H28N2O2/c25-22(21-17-26-16-15-23-21)24-20(13-11-18-7-3-1-4-8-18)14-12-19-9-5-2-6-10-19/h1-10,20-21,23H,11-17H2,(H,24,25). The van der Waals surface area contributed by atoms with E-state index in [1.54, 1.807) is 0 Å². The highest BCUT2D eigenvalue weighted by Gasteiger charge is 2.23. The second-order valence-corrected chi connectivity index (χ2v) is 6.84. The second kappa shape index (κ2) is 10.1. The lowest BCUT2D eigenvalue weighted by molar-refractivity contribution is -0.126. The van der Waals surface area contributed by atoms with Crippen LogP contribution in [0.3, 0.4) is 0 Å². The van der Waals surface area contributed by atoms with Crippen LogP contribution in [0.15, 0.2) is 60.7 Å². The Morgan fingerprint density at radius 2 is 1.58 bits per heavy atom. The third-order valence-electron chi connectivity index (χ3n) is 4.83. The van der Waals surface area contributed by atoms with Crippen molar-refractivity contribution in [3.8, 4) is 0 Å². The van der Waals surface area contributed by atoms with Gasteiger partial charge in [-0.15, -0.1) is 0 Å². The van der Waals surface area contributed by atoms with Crippen LogP contribution in [0.4, 0.5) is 0 Å². The molecule has 1 atom stereocenters. The molecule has 3 rings (SSSR count). The first-order valence-corrected chi connectivity index (χ1v) is 9.50. The lowest BCUT2D eigenvalue weighted by Gasteiger charge is -2.26. The minimum absolute atomic E-state index is 0.0517. The molecule has 0 bridgehead atoms. The van der Waals surface area contributed by atoms with Crippen molar-refractivity contribution in [1.82, 2.24) is 10.6 Å². The highest BCUT2D eigenvalue weighted by molar-refractivity contribution is 5.82. The number of rotatable bonds is 8. The highest BCUT2D eigenvalue weighted by atomic mass is 16.5. The molecule has 1 amide bonds. The third kappa shape index (κ3) is 5.97. The summed E-state index contributed by atoms with van der Waals surface area (Å²) in [6, 6.07) is 20.8. The number of hydrogen-bond acceptors (Lipinski definition) is 3. The van der Waals surface area contributed by atoms with Gasteiger partial charge in [-0.05, 0) is 36.8 Å². The second-order valence-electron chi connectivity index (χ2n) is 6.84. The summed E-state index contributed by atoms with van der Waals surface area (Å²) >= 11 is 0. The van der Waals surface area contributed by atoms with Crippen molar-refractivity contribution in [1.29, 1.82) is 0 Å². The number of carbonyl (C=O) groups is 1. The molecule has 1 fully saturated rings. The van der Waals surface area contributed by atoms with Crippen LogP contribution < -0.4 is 10.6 Å². The van der Waals surface area contributed by atoms with Crippen molar-refractivity contribution < 1.29 is 9.53 Å². The van der Waals surface area contributed by atoms with E-state index in [2.05, 4.69) is 59.2 Å². The van der Waals surface area contributed by atoms with Gasteiger partial charge in [0.25, 0.3) is 0 Å². The molecule has 2 aromatic carbocycles. The first-order valence-electron chi connectivity index (χ1n) is 9.50.